The zero-order chi connectivity index (χ0) is 21.5. The van der Waals surface area contributed by atoms with Crippen LogP contribution in [0.2, 0.25) is 0 Å². The Bertz CT molecular complexity index is 1060. The summed E-state index contributed by atoms with van der Waals surface area (Å²) in [5.74, 6) is 0.0203. The van der Waals surface area contributed by atoms with Crippen molar-refractivity contribution < 1.29 is 14.0 Å². The molecule has 154 valence electrons. The second-order valence-corrected chi connectivity index (χ2v) is 9.29. The average molecular weight is 424 g/mol. The average Bonchev–Trinajstić information content (AvgIpc) is 3.25. The number of carbonyl (C=O) groups excluding carboxylic acids is 2. The number of carbonyl (C=O) groups is 2. The first-order chi connectivity index (χ1) is 14.4. The normalized spacial score (nSPS) is 20.2. The molecule has 0 unspecified atom stereocenters. The molecule has 0 N–H and O–H groups in total. The quantitative estimate of drug-likeness (QED) is 0.745. The summed E-state index contributed by atoms with van der Waals surface area (Å²) in [5, 5.41) is 9.18. The molecule has 30 heavy (non-hydrogen) atoms. The number of nitriles is 1. The van der Waals surface area contributed by atoms with Gasteiger partial charge in [0.2, 0.25) is 5.91 Å². The van der Waals surface area contributed by atoms with Crippen molar-refractivity contribution in [3.8, 4) is 6.07 Å². The smallest absolute Gasteiger partial charge is 0.268 e. The molecule has 1 saturated heterocycles. The van der Waals surface area contributed by atoms with Crippen molar-refractivity contribution >= 4 is 29.3 Å². The van der Waals surface area contributed by atoms with Gasteiger partial charge in [-0.1, -0.05) is 26.0 Å². The summed E-state index contributed by atoms with van der Waals surface area (Å²) in [5.41, 5.74) is 2.46. The predicted molar refractivity (Wildman–Crippen MR) is 114 cm³/mol. The van der Waals surface area contributed by atoms with E-state index in [4.69, 9.17) is 0 Å². The molecule has 2 aromatic rings. The summed E-state index contributed by atoms with van der Waals surface area (Å²) in [7, 11) is 0. The van der Waals surface area contributed by atoms with Crippen LogP contribution < -0.4 is 4.90 Å². The highest BCUT2D eigenvalue weighted by Crippen LogP contribution is 2.54. The van der Waals surface area contributed by atoms with Gasteiger partial charge in [-0.2, -0.15) is 5.26 Å². The Balaban J connectivity index is 1.78. The molecule has 2 aliphatic heterocycles. The van der Waals surface area contributed by atoms with Crippen molar-refractivity contribution in [3.05, 3.63) is 65.0 Å². The first kappa shape index (κ1) is 20.4. The fraction of sp³-hybridized carbons (Fsp3) is 0.348. The number of hydrogen-bond donors (Lipinski definition) is 0. The van der Waals surface area contributed by atoms with Gasteiger partial charge in [0, 0.05) is 24.3 Å². The first-order valence-corrected chi connectivity index (χ1v) is 10.9. The van der Waals surface area contributed by atoms with Crippen LogP contribution in [0.15, 0.2) is 42.5 Å². The van der Waals surface area contributed by atoms with E-state index < -0.39 is 10.7 Å². The Labute approximate surface area is 179 Å². The molecule has 7 heteroatoms. The molecule has 0 aliphatic carbocycles. The van der Waals surface area contributed by atoms with Gasteiger partial charge in [-0.3, -0.25) is 9.59 Å². The number of fused-ring (bicyclic) bond motifs is 2. The molecule has 2 heterocycles. The van der Waals surface area contributed by atoms with Crippen LogP contribution in [-0.4, -0.2) is 29.0 Å². The molecule has 1 spiro atoms. The van der Waals surface area contributed by atoms with Crippen molar-refractivity contribution in [2.45, 2.75) is 31.7 Å². The fourth-order valence-electron chi connectivity index (χ4n) is 4.18. The number of thioether (sulfide) groups is 1. The van der Waals surface area contributed by atoms with E-state index in [9.17, 15) is 19.2 Å². The van der Waals surface area contributed by atoms with Crippen LogP contribution in [0.5, 0.6) is 0 Å². The second-order valence-electron chi connectivity index (χ2n) is 8.00. The highest BCUT2D eigenvalue weighted by Gasteiger charge is 2.59. The Hall–Kier alpha value is -2.85. The third-order valence-corrected chi connectivity index (χ3v) is 6.86. The molecule has 0 saturated carbocycles. The maximum absolute atomic E-state index is 14.2. The number of anilines is 1. The third kappa shape index (κ3) is 3.25. The Morgan fingerprint density at radius 2 is 2.10 bits per heavy atom. The van der Waals surface area contributed by atoms with Crippen LogP contribution in [0, 0.1) is 23.1 Å². The van der Waals surface area contributed by atoms with E-state index in [1.54, 1.807) is 34.1 Å². The summed E-state index contributed by atoms with van der Waals surface area (Å²) >= 11 is 1.39. The summed E-state index contributed by atoms with van der Waals surface area (Å²) in [4.78, 5) is 28.8. The molecule has 2 amide bonds. The van der Waals surface area contributed by atoms with Crippen molar-refractivity contribution in [2.75, 3.05) is 17.2 Å². The van der Waals surface area contributed by atoms with Gasteiger partial charge in [0.25, 0.3) is 5.91 Å². The van der Waals surface area contributed by atoms with E-state index >= 15 is 0 Å². The number of rotatable bonds is 4. The lowest BCUT2D eigenvalue weighted by Crippen LogP contribution is -2.50. The Morgan fingerprint density at radius 1 is 1.30 bits per heavy atom. The minimum Gasteiger partial charge on any atom is -0.315 e. The van der Waals surface area contributed by atoms with Crippen molar-refractivity contribution in [2.24, 2.45) is 5.92 Å². The minimum atomic E-state index is -1.23. The molecule has 0 aromatic heterocycles. The molecule has 1 atom stereocenters. The van der Waals surface area contributed by atoms with Crippen molar-refractivity contribution in [1.82, 2.24) is 4.90 Å². The van der Waals surface area contributed by atoms with Crippen LogP contribution in [0.4, 0.5) is 10.1 Å². The monoisotopic (exact) mass is 423 g/mol. The number of benzene rings is 2. The van der Waals surface area contributed by atoms with Crippen LogP contribution >= 0.6 is 11.8 Å². The molecule has 5 nitrogen and oxygen atoms in total. The minimum absolute atomic E-state index is 0.0908. The Kier molecular flexibility index (Phi) is 5.29. The zero-order valence-electron chi connectivity index (χ0n) is 16.9. The lowest BCUT2D eigenvalue weighted by molar-refractivity contribution is -0.140. The number of amides is 2. The fourth-order valence-corrected chi connectivity index (χ4v) is 5.65. The molecule has 0 bridgehead atoms. The molecule has 2 aliphatic rings. The zero-order valence-corrected chi connectivity index (χ0v) is 17.7. The maximum atomic E-state index is 14.2. The van der Waals surface area contributed by atoms with Crippen LogP contribution in [0.25, 0.3) is 0 Å². The van der Waals surface area contributed by atoms with Gasteiger partial charge in [-0.15, -0.1) is 11.8 Å². The second kappa shape index (κ2) is 7.77. The third-order valence-electron chi connectivity index (χ3n) is 5.44. The van der Waals surface area contributed by atoms with Gasteiger partial charge in [0.1, 0.15) is 5.82 Å². The van der Waals surface area contributed by atoms with Crippen molar-refractivity contribution in [1.29, 1.82) is 5.26 Å². The van der Waals surface area contributed by atoms with Gasteiger partial charge < -0.3 is 9.80 Å². The molecular formula is C23H22FN3O2S. The largest absolute Gasteiger partial charge is 0.315 e. The lowest BCUT2D eigenvalue weighted by atomic mass is 10.0. The van der Waals surface area contributed by atoms with E-state index in [2.05, 4.69) is 6.07 Å². The Morgan fingerprint density at radius 3 is 2.83 bits per heavy atom. The van der Waals surface area contributed by atoms with Gasteiger partial charge in [-0.25, -0.2) is 4.39 Å². The van der Waals surface area contributed by atoms with Crippen LogP contribution in [0.1, 0.15) is 37.0 Å². The molecule has 0 radical (unpaired) electrons. The van der Waals surface area contributed by atoms with Crippen molar-refractivity contribution in [3.63, 3.8) is 0 Å². The van der Waals surface area contributed by atoms with E-state index in [0.29, 0.717) is 35.5 Å². The predicted octanol–water partition coefficient (Wildman–Crippen LogP) is 4.02. The summed E-state index contributed by atoms with van der Waals surface area (Å²) in [6.07, 6.45) is 0.338. The van der Waals surface area contributed by atoms with Crippen LogP contribution in [-0.2, 0) is 21.0 Å². The summed E-state index contributed by atoms with van der Waals surface area (Å²) in [6.45, 7) is 4.63. The number of halogens is 1. The molecule has 4 rings (SSSR count). The van der Waals surface area contributed by atoms with Gasteiger partial charge in [0.15, 0.2) is 4.87 Å². The van der Waals surface area contributed by atoms with E-state index in [0.717, 1.165) is 5.56 Å². The van der Waals surface area contributed by atoms with Gasteiger partial charge in [0.05, 0.1) is 23.9 Å². The number of nitrogens with zero attached hydrogens (tertiary/aromatic N) is 3. The number of hydrogen-bond acceptors (Lipinski definition) is 4. The highest BCUT2D eigenvalue weighted by molar-refractivity contribution is 8.01. The highest BCUT2D eigenvalue weighted by atomic mass is 32.2. The van der Waals surface area contributed by atoms with E-state index in [1.165, 1.54) is 23.9 Å². The van der Waals surface area contributed by atoms with E-state index in [1.807, 2.05) is 19.9 Å². The maximum Gasteiger partial charge on any atom is 0.268 e. The van der Waals surface area contributed by atoms with Gasteiger partial charge in [-0.05, 0) is 41.8 Å². The summed E-state index contributed by atoms with van der Waals surface area (Å²) < 4.78 is 14.2. The van der Waals surface area contributed by atoms with Gasteiger partial charge >= 0.3 is 0 Å². The lowest BCUT2D eigenvalue weighted by Gasteiger charge is -2.33. The molecule has 1 fully saturated rings. The molecular weight excluding hydrogens is 401 g/mol. The standard InChI is InChI=1S/C23H22FN3O2S/c1-15(2)10-21(28)27-8-9-30-23(27)19-12-18(24)6-7-20(19)26(22(23)29)14-17-5-3-4-16(11-17)13-25/h3-7,11-12,15H,8-10,14H2,1-2H3/t23-/m1/s1. The topological polar surface area (TPSA) is 64.4 Å². The van der Waals surface area contributed by atoms with Crippen LogP contribution in [0.3, 0.4) is 0 Å². The SMILES string of the molecule is CC(C)CC(=O)N1CCS[C@]12C(=O)N(Cc1cccc(C#N)c1)c1ccc(F)cc12. The summed E-state index contributed by atoms with van der Waals surface area (Å²) in [6, 6.07) is 13.5. The molecule has 2 aromatic carbocycles. The first-order valence-electron chi connectivity index (χ1n) is 9.92. The van der Waals surface area contributed by atoms with E-state index in [-0.39, 0.29) is 24.3 Å².